The van der Waals surface area contributed by atoms with Crippen molar-refractivity contribution in [2.24, 2.45) is 0 Å². The van der Waals surface area contributed by atoms with E-state index >= 15 is 0 Å². The lowest BCUT2D eigenvalue weighted by Crippen LogP contribution is -2.16. The standard InChI is InChI=1S/C12H15F2/c1-2-9-12(13,14)10-8-11-6-4-3-5-7-11/h3-7H,1-2,8-10H2. The minimum atomic E-state index is -2.56. The molecule has 2 heteroatoms. The van der Waals surface area contributed by atoms with Gasteiger partial charge in [0, 0.05) is 12.8 Å². The highest BCUT2D eigenvalue weighted by Gasteiger charge is 2.26. The van der Waals surface area contributed by atoms with Crippen molar-refractivity contribution >= 4 is 0 Å². The van der Waals surface area contributed by atoms with E-state index in [9.17, 15) is 8.78 Å². The maximum Gasteiger partial charge on any atom is 0.248 e. The molecular formula is C12H15F2. The van der Waals surface area contributed by atoms with Gasteiger partial charge in [-0.25, -0.2) is 8.78 Å². The molecule has 1 aromatic rings. The first-order chi connectivity index (χ1) is 6.64. The highest BCUT2D eigenvalue weighted by molar-refractivity contribution is 5.14. The summed E-state index contributed by atoms with van der Waals surface area (Å²) in [7, 11) is 0. The normalized spacial score (nSPS) is 11.6. The van der Waals surface area contributed by atoms with Crippen LogP contribution in [0.4, 0.5) is 8.78 Å². The summed E-state index contributed by atoms with van der Waals surface area (Å²) in [5, 5.41) is 0. The van der Waals surface area contributed by atoms with Crippen molar-refractivity contribution in [3.8, 4) is 0 Å². The van der Waals surface area contributed by atoms with Gasteiger partial charge in [-0.2, -0.15) is 0 Å². The molecule has 0 saturated carbocycles. The average molecular weight is 197 g/mol. The highest BCUT2D eigenvalue weighted by Crippen LogP contribution is 2.25. The smallest absolute Gasteiger partial charge is 0.207 e. The maximum atomic E-state index is 13.1. The van der Waals surface area contributed by atoms with Gasteiger partial charge in [0.2, 0.25) is 5.92 Å². The molecule has 14 heavy (non-hydrogen) atoms. The van der Waals surface area contributed by atoms with Crippen LogP contribution in [-0.2, 0) is 6.42 Å². The van der Waals surface area contributed by atoms with E-state index in [1.54, 1.807) is 0 Å². The van der Waals surface area contributed by atoms with E-state index < -0.39 is 5.92 Å². The van der Waals surface area contributed by atoms with Gasteiger partial charge in [-0.05, 0) is 18.4 Å². The first kappa shape index (κ1) is 11.2. The van der Waals surface area contributed by atoms with Crippen LogP contribution in [0.1, 0.15) is 24.8 Å². The lowest BCUT2D eigenvalue weighted by atomic mass is 10.0. The summed E-state index contributed by atoms with van der Waals surface area (Å²) >= 11 is 0. The van der Waals surface area contributed by atoms with Gasteiger partial charge in [0.25, 0.3) is 0 Å². The second kappa shape index (κ2) is 5.08. The second-order valence-electron chi connectivity index (χ2n) is 3.45. The molecule has 0 aliphatic rings. The van der Waals surface area contributed by atoms with E-state index in [1.807, 2.05) is 30.3 Å². The molecule has 0 spiro atoms. The number of aryl methyl sites for hydroxylation is 1. The molecule has 1 aromatic carbocycles. The molecule has 1 radical (unpaired) electrons. The van der Waals surface area contributed by atoms with E-state index in [1.165, 1.54) is 0 Å². The molecule has 0 heterocycles. The van der Waals surface area contributed by atoms with Crippen LogP contribution in [0.2, 0.25) is 0 Å². The minimum absolute atomic E-state index is 0.0769. The van der Waals surface area contributed by atoms with Gasteiger partial charge in [0.05, 0.1) is 0 Å². The van der Waals surface area contributed by atoms with Gasteiger partial charge in [-0.3, -0.25) is 0 Å². The summed E-state index contributed by atoms with van der Waals surface area (Å²) in [4.78, 5) is 0. The van der Waals surface area contributed by atoms with Crippen molar-refractivity contribution in [3.05, 3.63) is 42.8 Å². The molecule has 0 aromatic heterocycles. The largest absolute Gasteiger partial charge is 0.248 e. The fraction of sp³-hybridized carbons (Fsp3) is 0.417. The summed E-state index contributed by atoms with van der Waals surface area (Å²) in [6.45, 7) is 3.45. The van der Waals surface area contributed by atoms with Crippen LogP contribution in [0.25, 0.3) is 0 Å². The van der Waals surface area contributed by atoms with Gasteiger partial charge in [0.1, 0.15) is 0 Å². The van der Waals surface area contributed by atoms with E-state index in [0.29, 0.717) is 12.8 Å². The van der Waals surface area contributed by atoms with Crippen molar-refractivity contribution in [2.45, 2.75) is 31.6 Å². The number of hydrogen-bond donors (Lipinski definition) is 0. The summed E-state index contributed by atoms with van der Waals surface area (Å²) < 4.78 is 26.1. The molecule has 0 fully saturated rings. The SMILES string of the molecule is [CH2]CCC(F)(F)CCc1ccccc1. The third kappa shape index (κ3) is 3.86. The van der Waals surface area contributed by atoms with Crippen LogP contribution >= 0.6 is 0 Å². The third-order valence-corrected chi connectivity index (χ3v) is 2.16. The summed E-state index contributed by atoms with van der Waals surface area (Å²) in [5.74, 6) is -2.56. The monoisotopic (exact) mass is 197 g/mol. The fourth-order valence-electron chi connectivity index (χ4n) is 1.36. The zero-order valence-corrected chi connectivity index (χ0v) is 8.18. The van der Waals surface area contributed by atoms with Gasteiger partial charge >= 0.3 is 0 Å². The third-order valence-electron chi connectivity index (χ3n) is 2.16. The van der Waals surface area contributed by atoms with Crippen LogP contribution < -0.4 is 0 Å². The van der Waals surface area contributed by atoms with Gasteiger partial charge in [-0.1, -0.05) is 37.3 Å². The molecular weight excluding hydrogens is 182 g/mol. The van der Waals surface area contributed by atoms with Crippen LogP contribution in [0.3, 0.4) is 0 Å². The number of halogens is 2. The van der Waals surface area contributed by atoms with Crippen LogP contribution in [0.5, 0.6) is 0 Å². The predicted octanol–water partition coefficient (Wildman–Crippen LogP) is 3.87. The lowest BCUT2D eigenvalue weighted by Gasteiger charge is -2.14. The molecule has 1 rings (SSSR count). The van der Waals surface area contributed by atoms with Gasteiger partial charge in [0.15, 0.2) is 0 Å². The Morgan fingerprint density at radius 3 is 2.29 bits per heavy atom. The van der Waals surface area contributed by atoms with E-state index in [2.05, 4.69) is 6.92 Å². The van der Waals surface area contributed by atoms with Crippen LogP contribution in [0.15, 0.2) is 30.3 Å². The zero-order valence-electron chi connectivity index (χ0n) is 8.18. The van der Waals surface area contributed by atoms with E-state index in [4.69, 9.17) is 0 Å². The number of benzene rings is 1. The Balaban J connectivity index is 2.40. The van der Waals surface area contributed by atoms with Gasteiger partial charge < -0.3 is 0 Å². The van der Waals surface area contributed by atoms with E-state index in [0.717, 1.165) is 5.56 Å². The molecule has 0 aliphatic carbocycles. The Morgan fingerprint density at radius 2 is 1.71 bits per heavy atom. The molecule has 77 valence electrons. The van der Waals surface area contributed by atoms with Gasteiger partial charge in [-0.15, -0.1) is 0 Å². The summed E-state index contributed by atoms with van der Waals surface area (Å²) in [6, 6.07) is 9.38. The molecule has 0 aliphatic heterocycles. The minimum Gasteiger partial charge on any atom is -0.207 e. The van der Waals surface area contributed by atoms with Crippen LogP contribution in [0, 0.1) is 6.92 Å². The number of alkyl halides is 2. The highest BCUT2D eigenvalue weighted by atomic mass is 19.3. The molecule has 0 bridgehead atoms. The molecule has 0 atom stereocenters. The molecule has 0 amide bonds. The van der Waals surface area contributed by atoms with E-state index in [-0.39, 0.29) is 12.8 Å². The quantitative estimate of drug-likeness (QED) is 0.672. The van der Waals surface area contributed by atoms with Crippen molar-refractivity contribution in [1.29, 1.82) is 0 Å². The summed E-state index contributed by atoms with van der Waals surface area (Å²) in [5.41, 5.74) is 0.969. The number of hydrogen-bond acceptors (Lipinski definition) is 0. The Morgan fingerprint density at radius 1 is 1.07 bits per heavy atom. The van der Waals surface area contributed by atoms with Crippen molar-refractivity contribution < 1.29 is 8.78 Å². The van der Waals surface area contributed by atoms with Crippen molar-refractivity contribution in [1.82, 2.24) is 0 Å². The zero-order chi connectivity index (χ0) is 10.4. The number of rotatable bonds is 5. The van der Waals surface area contributed by atoms with Crippen molar-refractivity contribution in [3.63, 3.8) is 0 Å². The fourth-order valence-corrected chi connectivity index (χ4v) is 1.36. The predicted molar refractivity (Wildman–Crippen MR) is 54.3 cm³/mol. The lowest BCUT2D eigenvalue weighted by molar-refractivity contribution is -0.0149. The Labute approximate surface area is 84.0 Å². The molecule has 0 N–H and O–H groups in total. The average Bonchev–Trinajstić information content (AvgIpc) is 2.17. The first-order valence-corrected chi connectivity index (χ1v) is 4.85. The Hall–Kier alpha value is -0.920. The Kier molecular flexibility index (Phi) is 4.05. The first-order valence-electron chi connectivity index (χ1n) is 4.85. The summed E-state index contributed by atoms with van der Waals surface area (Å²) in [6.07, 6.45) is 0.544. The maximum absolute atomic E-state index is 13.1. The molecule has 0 nitrogen and oxygen atoms in total. The topological polar surface area (TPSA) is 0 Å². The van der Waals surface area contributed by atoms with Crippen molar-refractivity contribution in [2.75, 3.05) is 0 Å². The molecule has 0 unspecified atom stereocenters. The van der Waals surface area contributed by atoms with Crippen LogP contribution in [-0.4, -0.2) is 5.92 Å². The Bertz CT molecular complexity index is 254. The second-order valence-corrected chi connectivity index (χ2v) is 3.45. The molecule has 0 saturated heterocycles.